The van der Waals surface area contributed by atoms with Crippen molar-refractivity contribution in [3.8, 4) is 0 Å². The number of hydrogen-bond donors (Lipinski definition) is 2. The van der Waals surface area contributed by atoms with Crippen LogP contribution in [0, 0.1) is 0 Å². The summed E-state index contributed by atoms with van der Waals surface area (Å²) in [6.07, 6.45) is 0. The van der Waals surface area contributed by atoms with E-state index in [9.17, 15) is 4.79 Å². The van der Waals surface area contributed by atoms with Gasteiger partial charge in [-0.2, -0.15) is 0 Å². The van der Waals surface area contributed by atoms with Crippen molar-refractivity contribution in [2.75, 3.05) is 13.9 Å². The highest BCUT2D eigenvalue weighted by Gasteiger charge is 2.08. The lowest BCUT2D eigenvalue weighted by atomic mass is 10.1. The van der Waals surface area contributed by atoms with Gasteiger partial charge in [0.25, 0.3) is 5.56 Å². The zero-order valence-corrected chi connectivity index (χ0v) is 10.5. The molecule has 0 unspecified atom stereocenters. The summed E-state index contributed by atoms with van der Waals surface area (Å²) in [7, 11) is 1.56. The standard InChI is InChI=1S/C14H14N2O3/c1-18-8-19-7-9-6-11-10-4-2-3-5-12(10)16-13(11)14(17)15-9/h2-6,16H,7-8H2,1H3,(H,15,17). The summed E-state index contributed by atoms with van der Waals surface area (Å²) in [5.74, 6) is 0. The van der Waals surface area contributed by atoms with Crippen molar-refractivity contribution in [3.05, 3.63) is 46.4 Å². The van der Waals surface area contributed by atoms with E-state index in [4.69, 9.17) is 9.47 Å². The molecule has 0 aliphatic carbocycles. The number of ether oxygens (including phenoxy) is 2. The van der Waals surface area contributed by atoms with E-state index in [0.717, 1.165) is 22.0 Å². The largest absolute Gasteiger partial charge is 0.359 e. The molecular weight excluding hydrogens is 244 g/mol. The highest BCUT2D eigenvalue weighted by molar-refractivity contribution is 6.06. The summed E-state index contributed by atoms with van der Waals surface area (Å²) in [5, 5.41) is 1.95. The van der Waals surface area contributed by atoms with Gasteiger partial charge in [0.05, 0.1) is 6.61 Å². The van der Waals surface area contributed by atoms with Crippen LogP contribution in [0.5, 0.6) is 0 Å². The van der Waals surface area contributed by atoms with Crippen LogP contribution in [0.15, 0.2) is 35.1 Å². The van der Waals surface area contributed by atoms with Gasteiger partial charge in [-0.15, -0.1) is 0 Å². The van der Waals surface area contributed by atoms with Gasteiger partial charge in [-0.05, 0) is 12.1 Å². The van der Waals surface area contributed by atoms with E-state index >= 15 is 0 Å². The van der Waals surface area contributed by atoms with Crippen molar-refractivity contribution in [1.29, 1.82) is 0 Å². The van der Waals surface area contributed by atoms with Gasteiger partial charge in [0.1, 0.15) is 12.3 Å². The fourth-order valence-corrected chi connectivity index (χ4v) is 2.22. The summed E-state index contributed by atoms with van der Waals surface area (Å²) in [4.78, 5) is 18.0. The van der Waals surface area contributed by atoms with E-state index in [1.165, 1.54) is 0 Å². The van der Waals surface area contributed by atoms with Crippen LogP contribution in [0.3, 0.4) is 0 Å². The van der Waals surface area contributed by atoms with Crippen molar-refractivity contribution in [2.24, 2.45) is 0 Å². The van der Waals surface area contributed by atoms with Crippen molar-refractivity contribution in [1.82, 2.24) is 9.97 Å². The summed E-state index contributed by atoms with van der Waals surface area (Å²) in [6, 6.07) is 9.78. The number of nitrogens with one attached hydrogen (secondary N) is 2. The first-order valence-electron chi connectivity index (χ1n) is 5.99. The van der Waals surface area contributed by atoms with Crippen molar-refractivity contribution >= 4 is 21.8 Å². The normalized spacial score (nSPS) is 11.4. The Morgan fingerprint density at radius 1 is 1.16 bits per heavy atom. The number of benzene rings is 1. The minimum atomic E-state index is -0.135. The molecule has 2 N–H and O–H groups in total. The summed E-state index contributed by atoms with van der Waals surface area (Å²) < 4.78 is 10.1. The van der Waals surface area contributed by atoms with Crippen LogP contribution >= 0.6 is 0 Å². The van der Waals surface area contributed by atoms with E-state index in [-0.39, 0.29) is 12.4 Å². The quantitative estimate of drug-likeness (QED) is 0.556. The summed E-state index contributed by atoms with van der Waals surface area (Å²) in [6.45, 7) is 0.520. The Balaban J connectivity index is 2.12. The minimum Gasteiger partial charge on any atom is -0.359 e. The van der Waals surface area contributed by atoms with Gasteiger partial charge in [0.2, 0.25) is 0 Å². The topological polar surface area (TPSA) is 67.1 Å². The molecule has 19 heavy (non-hydrogen) atoms. The highest BCUT2D eigenvalue weighted by atomic mass is 16.7. The maximum atomic E-state index is 12.0. The monoisotopic (exact) mass is 258 g/mol. The Morgan fingerprint density at radius 2 is 2.00 bits per heavy atom. The number of pyridine rings is 1. The van der Waals surface area contributed by atoms with Crippen molar-refractivity contribution < 1.29 is 9.47 Å². The molecule has 0 fully saturated rings. The molecule has 0 atom stereocenters. The summed E-state index contributed by atoms with van der Waals surface area (Å²) in [5.41, 5.74) is 2.15. The Morgan fingerprint density at radius 3 is 2.84 bits per heavy atom. The second-order valence-corrected chi connectivity index (χ2v) is 4.34. The molecule has 5 heteroatoms. The molecule has 0 saturated heterocycles. The third-order valence-electron chi connectivity index (χ3n) is 3.02. The third kappa shape index (κ3) is 2.14. The second-order valence-electron chi connectivity index (χ2n) is 4.34. The Bertz CT molecular complexity index is 773. The van der Waals surface area contributed by atoms with Crippen LogP contribution in [0.25, 0.3) is 21.8 Å². The van der Waals surface area contributed by atoms with Crippen LogP contribution < -0.4 is 5.56 Å². The number of rotatable bonds is 4. The van der Waals surface area contributed by atoms with E-state index < -0.39 is 0 Å². The van der Waals surface area contributed by atoms with Gasteiger partial charge in [-0.25, -0.2) is 0 Å². The first-order chi connectivity index (χ1) is 9.29. The first kappa shape index (κ1) is 12.0. The lowest BCUT2D eigenvalue weighted by molar-refractivity contribution is -0.0401. The number of H-pyrrole nitrogens is 2. The van der Waals surface area contributed by atoms with Crippen molar-refractivity contribution in [3.63, 3.8) is 0 Å². The summed E-state index contributed by atoms with van der Waals surface area (Å²) >= 11 is 0. The fraction of sp³-hybridized carbons (Fsp3) is 0.214. The smallest absolute Gasteiger partial charge is 0.272 e. The lowest BCUT2D eigenvalue weighted by Gasteiger charge is -2.03. The zero-order valence-electron chi connectivity index (χ0n) is 10.5. The molecule has 0 amide bonds. The van der Waals surface area contributed by atoms with Gasteiger partial charge in [-0.3, -0.25) is 4.79 Å². The molecule has 3 aromatic rings. The van der Waals surface area contributed by atoms with Crippen LogP contribution in [-0.4, -0.2) is 23.9 Å². The average Bonchev–Trinajstić information content (AvgIpc) is 2.79. The van der Waals surface area contributed by atoms with Gasteiger partial charge < -0.3 is 19.4 Å². The molecule has 0 spiro atoms. The Labute approximate surface area is 109 Å². The highest BCUT2D eigenvalue weighted by Crippen LogP contribution is 2.23. The molecule has 2 heterocycles. The molecule has 5 nitrogen and oxygen atoms in total. The maximum Gasteiger partial charge on any atom is 0.272 e. The van der Waals surface area contributed by atoms with E-state index in [1.807, 2.05) is 30.3 Å². The second kappa shape index (κ2) is 4.87. The molecule has 3 rings (SSSR count). The van der Waals surface area contributed by atoms with Crippen LogP contribution in [-0.2, 0) is 16.1 Å². The number of fused-ring (bicyclic) bond motifs is 3. The van der Waals surface area contributed by atoms with Gasteiger partial charge >= 0.3 is 0 Å². The van der Waals surface area contributed by atoms with E-state index in [0.29, 0.717) is 12.1 Å². The molecule has 98 valence electrons. The number of aromatic amines is 2. The molecule has 2 aromatic heterocycles. The number of para-hydroxylation sites is 1. The van der Waals surface area contributed by atoms with Crippen LogP contribution in [0.2, 0.25) is 0 Å². The molecule has 0 aliphatic heterocycles. The van der Waals surface area contributed by atoms with Gasteiger partial charge in [0.15, 0.2) is 0 Å². The zero-order chi connectivity index (χ0) is 13.2. The SMILES string of the molecule is COCOCc1cc2c([nH]c3ccccc32)c(=O)[nH]1. The molecule has 0 saturated carbocycles. The molecular formula is C14H14N2O3. The Hall–Kier alpha value is -2.11. The van der Waals surface area contributed by atoms with Crippen LogP contribution in [0.1, 0.15) is 5.69 Å². The number of methoxy groups -OCH3 is 1. The Kier molecular flexibility index (Phi) is 3.06. The predicted molar refractivity (Wildman–Crippen MR) is 73.1 cm³/mol. The number of aromatic nitrogens is 2. The number of hydrogen-bond acceptors (Lipinski definition) is 3. The van der Waals surface area contributed by atoms with Gasteiger partial charge in [0, 0.05) is 29.1 Å². The first-order valence-corrected chi connectivity index (χ1v) is 5.99. The predicted octanol–water partition coefficient (Wildman–Crippen LogP) is 2.13. The van der Waals surface area contributed by atoms with E-state index in [2.05, 4.69) is 9.97 Å². The molecule has 1 aromatic carbocycles. The van der Waals surface area contributed by atoms with Gasteiger partial charge in [-0.1, -0.05) is 18.2 Å². The fourth-order valence-electron chi connectivity index (χ4n) is 2.22. The molecule has 0 radical (unpaired) electrons. The third-order valence-corrected chi connectivity index (χ3v) is 3.02. The van der Waals surface area contributed by atoms with Crippen LogP contribution in [0.4, 0.5) is 0 Å². The molecule has 0 aliphatic rings. The average molecular weight is 258 g/mol. The lowest BCUT2D eigenvalue weighted by Crippen LogP contribution is -2.10. The minimum absolute atomic E-state index is 0.135. The maximum absolute atomic E-state index is 12.0. The molecule has 0 bridgehead atoms. The van der Waals surface area contributed by atoms with Crippen molar-refractivity contribution in [2.45, 2.75) is 6.61 Å². The van der Waals surface area contributed by atoms with E-state index in [1.54, 1.807) is 7.11 Å².